The summed E-state index contributed by atoms with van der Waals surface area (Å²) in [5, 5.41) is 2.68. The van der Waals surface area contributed by atoms with Gasteiger partial charge in [0.05, 0.1) is 30.2 Å². The Hall–Kier alpha value is -1.78. The standard InChI is InChI=1S/C28H33NP2/c1-4-5-23-29(30(2)24-15-22-28(30)25-16-9-6-10-17-25)31(3,26-18-11-7-12-19-26)27-20-13-8-14-21-27/h6-21,24,28H,2-5,22-23H2,1H3/t28-,30?/m1/s1. The molecule has 0 fully saturated rings. The minimum atomic E-state index is -2.07. The lowest BCUT2D eigenvalue weighted by Gasteiger charge is -2.48. The number of rotatable bonds is 8. The van der Waals surface area contributed by atoms with Gasteiger partial charge in [0.15, 0.2) is 0 Å². The van der Waals surface area contributed by atoms with Crippen molar-refractivity contribution in [3.8, 4) is 0 Å². The van der Waals surface area contributed by atoms with Crippen molar-refractivity contribution in [2.24, 2.45) is 0 Å². The molecule has 0 amide bonds. The molecule has 3 heteroatoms. The number of benzene rings is 3. The topological polar surface area (TPSA) is 3.24 Å². The number of unbranched alkanes of at least 4 members (excludes halogenated alkanes) is 1. The lowest BCUT2D eigenvalue weighted by atomic mass is 10.1. The van der Waals surface area contributed by atoms with Gasteiger partial charge in [-0.25, -0.2) is 0 Å². The van der Waals surface area contributed by atoms with Gasteiger partial charge in [-0.15, -0.1) is 11.1 Å². The van der Waals surface area contributed by atoms with Crippen LogP contribution in [0.2, 0.25) is 0 Å². The molecule has 31 heavy (non-hydrogen) atoms. The van der Waals surface area contributed by atoms with E-state index >= 15 is 0 Å². The van der Waals surface area contributed by atoms with E-state index in [1.54, 1.807) is 0 Å². The van der Waals surface area contributed by atoms with Gasteiger partial charge in [-0.1, -0.05) is 80.1 Å². The first-order valence-electron chi connectivity index (χ1n) is 11.2. The third-order valence-electron chi connectivity index (χ3n) is 6.35. The Balaban J connectivity index is 1.89. The van der Waals surface area contributed by atoms with Crippen molar-refractivity contribution in [1.82, 2.24) is 4.44 Å². The summed E-state index contributed by atoms with van der Waals surface area (Å²) in [6, 6.07) is 32.9. The second kappa shape index (κ2) is 9.79. The molecule has 4 rings (SSSR count). The van der Waals surface area contributed by atoms with Gasteiger partial charge in [-0.3, -0.25) is 0 Å². The quantitative estimate of drug-likeness (QED) is 0.252. The minimum Gasteiger partial charge on any atom is -0.154 e. The monoisotopic (exact) mass is 445 g/mol. The molecule has 1 aliphatic rings. The van der Waals surface area contributed by atoms with Gasteiger partial charge in [0, 0.05) is 19.7 Å². The van der Waals surface area contributed by atoms with Crippen LogP contribution in [0.5, 0.6) is 0 Å². The maximum Gasteiger partial charge on any atom is 0.0945 e. The average molecular weight is 446 g/mol. The molecule has 2 atom stereocenters. The molecular formula is C28H33NP2. The zero-order valence-electron chi connectivity index (χ0n) is 18.5. The molecule has 0 N–H and O–H groups in total. The predicted molar refractivity (Wildman–Crippen MR) is 141 cm³/mol. The lowest BCUT2D eigenvalue weighted by molar-refractivity contribution is 0.626. The van der Waals surface area contributed by atoms with E-state index in [2.05, 4.69) is 114 Å². The summed E-state index contributed by atoms with van der Waals surface area (Å²) < 4.78 is 2.79. The largest absolute Gasteiger partial charge is 0.154 e. The van der Waals surface area contributed by atoms with Crippen molar-refractivity contribution in [3.63, 3.8) is 0 Å². The zero-order chi connectivity index (χ0) is 21.7. The maximum absolute atomic E-state index is 5.07. The Bertz CT molecular complexity index is 948. The van der Waals surface area contributed by atoms with E-state index in [1.165, 1.54) is 22.6 Å². The van der Waals surface area contributed by atoms with Gasteiger partial charge in [-0.2, -0.15) is 6.66 Å². The van der Waals surface area contributed by atoms with Crippen molar-refractivity contribution in [2.75, 3.05) is 6.54 Å². The van der Waals surface area contributed by atoms with E-state index in [-0.39, 0.29) is 0 Å². The Morgan fingerprint density at radius 1 is 0.871 bits per heavy atom. The molecule has 3 aromatic rings. The molecule has 1 unspecified atom stereocenters. The van der Waals surface area contributed by atoms with E-state index in [0.29, 0.717) is 5.66 Å². The third-order valence-corrected chi connectivity index (χ3v) is 14.9. The highest BCUT2D eigenvalue weighted by atomic mass is 31.2. The number of hydrogen-bond acceptors (Lipinski definition) is 1. The summed E-state index contributed by atoms with van der Waals surface area (Å²) in [7, 11) is -3.92. The molecule has 160 valence electrons. The number of hydrogen-bond donors (Lipinski definition) is 0. The first-order chi connectivity index (χ1) is 15.1. The van der Waals surface area contributed by atoms with Gasteiger partial charge in [0.25, 0.3) is 0 Å². The van der Waals surface area contributed by atoms with Crippen LogP contribution >= 0.6 is 14.8 Å². The number of nitrogens with zero attached hydrogens (tertiary/aromatic N) is 1. The van der Waals surface area contributed by atoms with Gasteiger partial charge in [0.1, 0.15) is 0 Å². The van der Waals surface area contributed by atoms with Crippen LogP contribution in [0.1, 0.15) is 37.4 Å². The molecule has 0 bridgehead atoms. The molecule has 3 aromatic carbocycles. The Morgan fingerprint density at radius 2 is 1.39 bits per heavy atom. The van der Waals surface area contributed by atoms with Crippen molar-refractivity contribution in [3.05, 3.63) is 122 Å². The molecular weight excluding hydrogens is 412 g/mol. The van der Waals surface area contributed by atoms with Crippen molar-refractivity contribution >= 4 is 25.4 Å². The van der Waals surface area contributed by atoms with Gasteiger partial charge >= 0.3 is 0 Å². The van der Waals surface area contributed by atoms with E-state index < -0.39 is 14.8 Å². The van der Waals surface area contributed by atoms with Crippen LogP contribution in [0.3, 0.4) is 0 Å². The normalized spacial score (nSPS) is 21.0. The van der Waals surface area contributed by atoms with Crippen LogP contribution in [0.4, 0.5) is 0 Å². The average Bonchev–Trinajstić information content (AvgIpc) is 3.23. The highest BCUT2D eigenvalue weighted by molar-refractivity contribution is 7.98. The Kier molecular flexibility index (Phi) is 7.08. The van der Waals surface area contributed by atoms with Crippen LogP contribution in [0.25, 0.3) is 0 Å². The molecule has 0 saturated carbocycles. The first-order valence-corrected chi connectivity index (χ1v) is 15.2. The Labute approximate surface area is 190 Å². The molecule has 0 aromatic heterocycles. The maximum atomic E-state index is 5.07. The van der Waals surface area contributed by atoms with Crippen LogP contribution in [-0.2, 0) is 0 Å². The lowest BCUT2D eigenvalue weighted by Crippen LogP contribution is -2.36. The van der Waals surface area contributed by atoms with Gasteiger partial charge < -0.3 is 0 Å². The summed E-state index contributed by atoms with van der Waals surface area (Å²) in [4.78, 5) is 0. The molecule has 0 radical (unpaired) electrons. The highest BCUT2D eigenvalue weighted by Gasteiger charge is 2.53. The van der Waals surface area contributed by atoms with E-state index in [9.17, 15) is 0 Å². The second-order valence-corrected chi connectivity index (χ2v) is 14.9. The first kappa shape index (κ1) is 22.4. The fourth-order valence-corrected chi connectivity index (χ4v) is 13.6. The fraction of sp³-hybridized carbons (Fsp3) is 0.214. The summed E-state index contributed by atoms with van der Waals surface area (Å²) in [6.07, 6.45) is 5.76. The second-order valence-electron chi connectivity index (χ2n) is 8.32. The summed E-state index contributed by atoms with van der Waals surface area (Å²) in [6.45, 7) is 13.4. The molecule has 1 heterocycles. The Morgan fingerprint density at radius 3 is 1.90 bits per heavy atom. The zero-order valence-corrected chi connectivity index (χ0v) is 20.3. The number of allylic oxidation sites excluding steroid dienone is 1. The molecule has 1 nitrogen and oxygen atoms in total. The summed E-state index contributed by atoms with van der Waals surface area (Å²) >= 11 is 0. The van der Waals surface area contributed by atoms with Crippen LogP contribution < -0.4 is 10.6 Å². The van der Waals surface area contributed by atoms with Crippen molar-refractivity contribution in [1.29, 1.82) is 0 Å². The SMILES string of the molecule is [CH2-][P+](c1ccccc1)(c1ccccc1)N(CCCC)[P+]1([CH2-])C=CC[C@@H]1c1ccccc1. The van der Waals surface area contributed by atoms with Crippen molar-refractivity contribution < 1.29 is 0 Å². The van der Waals surface area contributed by atoms with Crippen LogP contribution in [-0.4, -0.2) is 11.0 Å². The minimum absolute atomic E-state index is 0.430. The third kappa shape index (κ3) is 4.29. The fourth-order valence-electron chi connectivity index (χ4n) is 4.67. The van der Waals surface area contributed by atoms with Crippen molar-refractivity contribution in [2.45, 2.75) is 31.8 Å². The van der Waals surface area contributed by atoms with Gasteiger partial charge in [-0.05, 0) is 42.3 Å². The molecule has 0 aliphatic carbocycles. The van der Waals surface area contributed by atoms with Gasteiger partial charge in [0.2, 0.25) is 0 Å². The molecule has 0 saturated heterocycles. The summed E-state index contributed by atoms with van der Waals surface area (Å²) in [5.74, 6) is 2.46. The van der Waals surface area contributed by atoms with E-state index in [1.807, 2.05) is 0 Å². The van der Waals surface area contributed by atoms with Crippen LogP contribution in [0, 0.1) is 13.3 Å². The predicted octanol–water partition coefficient (Wildman–Crippen LogP) is 7.85. The highest BCUT2D eigenvalue weighted by Crippen LogP contribution is 2.85. The molecule has 0 spiro atoms. The van der Waals surface area contributed by atoms with E-state index in [0.717, 1.165) is 19.4 Å². The van der Waals surface area contributed by atoms with E-state index in [4.69, 9.17) is 13.3 Å². The molecule has 1 aliphatic heterocycles. The smallest absolute Gasteiger partial charge is 0.0945 e. The van der Waals surface area contributed by atoms with Crippen LogP contribution in [0.15, 0.2) is 103 Å². The summed E-state index contributed by atoms with van der Waals surface area (Å²) in [5.41, 5.74) is 1.84.